The molecule has 1 aliphatic rings. The van der Waals surface area contributed by atoms with Crippen LogP contribution in [0.25, 0.3) is 0 Å². The van der Waals surface area contributed by atoms with Crippen LogP contribution >= 0.6 is 0 Å². The average molecular weight is 221 g/mol. The fourth-order valence-electron chi connectivity index (χ4n) is 2.35. The summed E-state index contributed by atoms with van der Waals surface area (Å²) in [5.74, 6) is 0.697. The molecule has 1 atom stereocenters. The highest BCUT2D eigenvalue weighted by molar-refractivity contribution is 5.71. The molecule has 2 rings (SSSR count). The number of nitrogens with zero attached hydrogens (tertiary/aromatic N) is 2. The molecule has 16 heavy (non-hydrogen) atoms. The number of carbonyl (C=O) groups excluding carboxylic acids is 1. The largest absolute Gasteiger partial charge is 0.301 e. The number of nitrogens with one attached hydrogen (secondary N) is 1. The first-order chi connectivity index (χ1) is 7.69. The lowest BCUT2D eigenvalue weighted by molar-refractivity contribution is 0.111. The number of hydrogen-bond donors (Lipinski definition) is 1. The number of aldehydes is 1. The Labute approximate surface area is 96.0 Å². The molecule has 0 saturated carbocycles. The van der Waals surface area contributed by atoms with E-state index in [1.165, 1.54) is 13.0 Å². The van der Waals surface area contributed by atoms with Crippen LogP contribution in [-0.4, -0.2) is 40.5 Å². The number of rotatable bonds is 4. The second-order valence-electron chi connectivity index (χ2n) is 4.88. The summed E-state index contributed by atoms with van der Waals surface area (Å²) in [4.78, 5) is 13.0. The highest BCUT2D eigenvalue weighted by Gasteiger charge is 2.24. The standard InChI is InChI=1S/C12H19N3O/c1-9(2)15-4-3-10(7-15)5-11-6-12(8-16)14-13-11/h6,8-10H,3-5,7H2,1-2H3,(H,13,14). The van der Waals surface area contributed by atoms with Gasteiger partial charge in [-0.05, 0) is 45.2 Å². The minimum Gasteiger partial charge on any atom is -0.301 e. The van der Waals surface area contributed by atoms with Gasteiger partial charge in [0, 0.05) is 18.3 Å². The lowest BCUT2D eigenvalue weighted by atomic mass is 10.0. The normalized spacial score (nSPS) is 21.8. The van der Waals surface area contributed by atoms with Crippen LogP contribution in [0.2, 0.25) is 0 Å². The highest BCUT2D eigenvalue weighted by atomic mass is 16.1. The molecule has 1 unspecified atom stereocenters. The van der Waals surface area contributed by atoms with E-state index in [9.17, 15) is 4.79 Å². The number of H-pyrrole nitrogens is 1. The SMILES string of the molecule is CC(C)N1CCC(Cc2cc(C=O)n[nH]2)C1. The Morgan fingerprint density at radius 2 is 2.50 bits per heavy atom. The molecule has 4 heteroatoms. The van der Waals surface area contributed by atoms with E-state index in [0.717, 1.165) is 24.9 Å². The molecule has 4 nitrogen and oxygen atoms in total. The van der Waals surface area contributed by atoms with Crippen molar-refractivity contribution in [2.75, 3.05) is 13.1 Å². The Bertz CT molecular complexity index is 359. The third kappa shape index (κ3) is 2.50. The van der Waals surface area contributed by atoms with Gasteiger partial charge in [-0.3, -0.25) is 9.89 Å². The van der Waals surface area contributed by atoms with Crippen molar-refractivity contribution in [3.05, 3.63) is 17.5 Å². The first-order valence-electron chi connectivity index (χ1n) is 5.92. The summed E-state index contributed by atoms with van der Waals surface area (Å²) in [6, 6.07) is 2.49. The van der Waals surface area contributed by atoms with Crippen LogP contribution in [0.5, 0.6) is 0 Å². The van der Waals surface area contributed by atoms with E-state index < -0.39 is 0 Å². The van der Waals surface area contributed by atoms with Crippen molar-refractivity contribution in [3.63, 3.8) is 0 Å². The lowest BCUT2D eigenvalue weighted by Crippen LogP contribution is -2.28. The molecule has 1 aliphatic heterocycles. The van der Waals surface area contributed by atoms with Gasteiger partial charge in [0.05, 0.1) is 0 Å². The topological polar surface area (TPSA) is 49.0 Å². The Morgan fingerprint density at radius 3 is 3.06 bits per heavy atom. The molecule has 1 aromatic rings. The molecule has 1 saturated heterocycles. The fraction of sp³-hybridized carbons (Fsp3) is 0.667. The number of likely N-dealkylation sites (tertiary alicyclic amines) is 1. The maximum Gasteiger partial charge on any atom is 0.170 e. The zero-order valence-electron chi connectivity index (χ0n) is 9.94. The molecular formula is C12H19N3O. The molecule has 0 bridgehead atoms. The van der Waals surface area contributed by atoms with Gasteiger partial charge in [0.2, 0.25) is 0 Å². The molecule has 0 spiro atoms. The van der Waals surface area contributed by atoms with Gasteiger partial charge in [-0.25, -0.2) is 0 Å². The maximum atomic E-state index is 10.5. The number of aromatic nitrogens is 2. The van der Waals surface area contributed by atoms with Crippen LogP contribution in [-0.2, 0) is 6.42 Å². The van der Waals surface area contributed by atoms with Crippen LogP contribution < -0.4 is 0 Å². The van der Waals surface area contributed by atoms with E-state index in [2.05, 4.69) is 28.9 Å². The third-order valence-electron chi connectivity index (χ3n) is 3.33. The lowest BCUT2D eigenvalue weighted by Gasteiger charge is -2.19. The van der Waals surface area contributed by atoms with Gasteiger partial charge < -0.3 is 4.90 Å². The molecular weight excluding hydrogens is 202 g/mol. The predicted molar refractivity (Wildman–Crippen MR) is 62.5 cm³/mol. The number of carbonyl (C=O) groups is 1. The van der Waals surface area contributed by atoms with Crippen molar-refractivity contribution in [1.82, 2.24) is 15.1 Å². The van der Waals surface area contributed by atoms with Crippen molar-refractivity contribution in [2.24, 2.45) is 5.92 Å². The van der Waals surface area contributed by atoms with Gasteiger partial charge in [0.1, 0.15) is 5.69 Å². The van der Waals surface area contributed by atoms with E-state index in [-0.39, 0.29) is 0 Å². The van der Waals surface area contributed by atoms with Crippen LogP contribution in [0.3, 0.4) is 0 Å². The third-order valence-corrected chi connectivity index (χ3v) is 3.33. The van der Waals surface area contributed by atoms with Crippen molar-refractivity contribution in [1.29, 1.82) is 0 Å². The summed E-state index contributed by atoms with van der Waals surface area (Å²) in [6.45, 7) is 6.83. The van der Waals surface area contributed by atoms with Gasteiger partial charge in [-0.1, -0.05) is 0 Å². The predicted octanol–water partition coefficient (Wildman–Crippen LogP) is 1.49. The molecule has 1 N–H and O–H groups in total. The molecule has 2 heterocycles. The van der Waals surface area contributed by atoms with Crippen LogP contribution in [0.1, 0.15) is 36.5 Å². The quantitative estimate of drug-likeness (QED) is 0.784. The first kappa shape index (κ1) is 11.3. The van der Waals surface area contributed by atoms with Crippen LogP contribution in [0.15, 0.2) is 6.07 Å². The highest BCUT2D eigenvalue weighted by Crippen LogP contribution is 2.21. The van der Waals surface area contributed by atoms with E-state index >= 15 is 0 Å². The molecule has 1 fully saturated rings. The smallest absolute Gasteiger partial charge is 0.170 e. The van der Waals surface area contributed by atoms with Gasteiger partial charge in [-0.15, -0.1) is 0 Å². The Balaban J connectivity index is 1.89. The van der Waals surface area contributed by atoms with Gasteiger partial charge in [0.15, 0.2) is 6.29 Å². The molecule has 1 aromatic heterocycles. The summed E-state index contributed by atoms with van der Waals surface area (Å²) in [5, 5.41) is 6.85. The van der Waals surface area contributed by atoms with Crippen molar-refractivity contribution >= 4 is 6.29 Å². The van der Waals surface area contributed by atoms with Gasteiger partial charge >= 0.3 is 0 Å². The first-order valence-corrected chi connectivity index (χ1v) is 5.92. The minimum absolute atomic E-state index is 0.508. The van der Waals surface area contributed by atoms with Crippen molar-refractivity contribution in [3.8, 4) is 0 Å². The van der Waals surface area contributed by atoms with E-state index in [1.807, 2.05) is 6.07 Å². The molecule has 0 amide bonds. The zero-order valence-corrected chi connectivity index (χ0v) is 9.94. The molecule has 0 aliphatic carbocycles. The summed E-state index contributed by atoms with van der Waals surface area (Å²) in [7, 11) is 0. The van der Waals surface area contributed by atoms with Crippen molar-refractivity contribution < 1.29 is 4.79 Å². The van der Waals surface area contributed by atoms with E-state index in [0.29, 0.717) is 17.7 Å². The van der Waals surface area contributed by atoms with Crippen molar-refractivity contribution in [2.45, 2.75) is 32.7 Å². The zero-order chi connectivity index (χ0) is 11.5. The average Bonchev–Trinajstić information content (AvgIpc) is 2.87. The summed E-state index contributed by atoms with van der Waals surface area (Å²) in [6.07, 6.45) is 3.03. The van der Waals surface area contributed by atoms with Gasteiger partial charge in [0.25, 0.3) is 0 Å². The van der Waals surface area contributed by atoms with E-state index in [4.69, 9.17) is 0 Å². The maximum absolute atomic E-state index is 10.5. The van der Waals surface area contributed by atoms with E-state index in [1.54, 1.807) is 0 Å². The summed E-state index contributed by atoms with van der Waals surface area (Å²) in [5.41, 5.74) is 1.59. The summed E-state index contributed by atoms with van der Waals surface area (Å²) >= 11 is 0. The second-order valence-corrected chi connectivity index (χ2v) is 4.88. The number of aromatic amines is 1. The number of hydrogen-bond acceptors (Lipinski definition) is 3. The van der Waals surface area contributed by atoms with Gasteiger partial charge in [-0.2, -0.15) is 5.10 Å². The molecule has 0 radical (unpaired) electrons. The van der Waals surface area contributed by atoms with Crippen LogP contribution in [0, 0.1) is 5.92 Å². The molecule has 0 aromatic carbocycles. The molecule has 88 valence electrons. The van der Waals surface area contributed by atoms with Crippen LogP contribution in [0.4, 0.5) is 0 Å². The monoisotopic (exact) mass is 221 g/mol. The fourth-order valence-corrected chi connectivity index (χ4v) is 2.35. The Kier molecular flexibility index (Phi) is 3.39. The second kappa shape index (κ2) is 4.78. The Hall–Kier alpha value is -1.16. The minimum atomic E-state index is 0.508. The Morgan fingerprint density at radius 1 is 1.69 bits per heavy atom. The summed E-state index contributed by atoms with van der Waals surface area (Å²) < 4.78 is 0.